The Morgan fingerprint density at radius 3 is 0.857 bits per heavy atom. The van der Waals surface area contributed by atoms with Crippen molar-refractivity contribution in [3.8, 4) is 0 Å². The minimum Gasteiger partial charge on any atom is -0.213 e. The Hall–Kier alpha value is 1.12. The van der Waals surface area contributed by atoms with Crippen molar-refractivity contribution in [3.63, 3.8) is 0 Å². The fraction of sp³-hybridized carbons (Fsp3) is 1.00. The first-order valence-electron chi connectivity index (χ1n) is 2.64. The van der Waals surface area contributed by atoms with E-state index in [0.29, 0.717) is 0 Å². The van der Waals surface area contributed by atoms with Crippen molar-refractivity contribution in [2.75, 3.05) is 0 Å². The Bertz CT molecular complexity index is 195. The lowest BCUT2D eigenvalue weighted by Crippen LogP contribution is -2.56. The van der Waals surface area contributed by atoms with Gasteiger partial charge in [0.15, 0.2) is 0 Å². The van der Waals surface area contributed by atoms with Gasteiger partial charge in [-0.1, -0.05) is 23.2 Å². The van der Waals surface area contributed by atoms with Crippen LogP contribution in [0.4, 0.5) is 26.3 Å². The van der Waals surface area contributed by atoms with E-state index < -0.39 is 19.9 Å². The number of alkyl halides is 10. The normalized spacial score (nSPS) is 22.7. The van der Waals surface area contributed by atoms with E-state index in [0.717, 1.165) is 0 Å². The van der Waals surface area contributed by atoms with Gasteiger partial charge in [0.1, 0.15) is 0 Å². The lowest BCUT2D eigenvalue weighted by atomic mass is 10.2. The van der Waals surface area contributed by atoms with Crippen LogP contribution in [0.2, 0.25) is 0 Å². The molecule has 0 aliphatic rings. The molecule has 0 spiro atoms. The van der Waals surface area contributed by atoms with E-state index in [4.69, 9.17) is 0 Å². The Balaban J connectivity index is 5.30. The third-order valence-electron chi connectivity index (χ3n) is 1.11. The standard InChI is InChI=1S/C4Br2Cl2F6/c5-3(11,12)1(7,9)2(8,10)4(6,13)14. The fourth-order valence-corrected chi connectivity index (χ4v) is 1.37. The average molecular weight is 393 g/mol. The zero-order chi connectivity index (χ0) is 12.0. The summed E-state index contributed by atoms with van der Waals surface area (Å²) in [4.78, 5) is -9.54. The third-order valence-corrected chi connectivity index (χ3v) is 3.75. The summed E-state index contributed by atoms with van der Waals surface area (Å²) in [5, 5.41) is -9.65. The molecule has 0 amide bonds. The maximum atomic E-state index is 12.8. The third kappa shape index (κ3) is 2.44. The lowest BCUT2D eigenvalue weighted by Gasteiger charge is -2.34. The molecular formula is C4Br2Cl2F6. The van der Waals surface area contributed by atoms with Gasteiger partial charge in [0, 0.05) is 0 Å². The van der Waals surface area contributed by atoms with Crippen molar-refractivity contribution in [2.24, 2.45) is 0 Å². The van der Waals surface area contributed by atoms with Crippen LogP contribution in [0.5, 0.6) is 0 Å². The highest BCUT2D eigenvalue weighted by Gasteiger charge is 2.75. The predicted octanol–water partition coefficient (Wildman–Crippen LogP) is 4.77. The van der Waals surface area contributed by atoms with Gasteiger partial charge in [0.05, 0.1) is 0 Å². The second-order valence-electron chi connectivity index (χ2n) is 2.14. The Kier molecular flexibility index (Phi) is 4.16. The van der Waals surface area contributed by atoms with Crippen LogP contribution in [-0.4, -0.2) is 19.9 Å². The SMILES string of the molecule is FC(F)(Br)C(F)(Cl)C(F)(Cl)C(F)(F)Br. The molecule has 0 fully saturated rings. The first-order valence-corrected chi connectivity index (χ1v) is 4.98. The van der Waals surface area contributed by atoms with Gasteiger partial charge in [-0.25, -0.2) is 8.78 Å². The van der Waals surface area contributed by atoms with Gasteiger partial charge in [-0.3, -0.25) is 0 Å². The highest BCUT2D eigenvalue weighted by atomic mass is 79.9. The van der Waals surface area contributed by atoms with Crippen LogP contribution in [0.25, 0.3) is 0 Å². The number of halogens is 10. The summed E-state index contributed by atoms with van der Waals surface area (Å²) in [6.07, 6.45) is 0. The minimum absolute atomic E-state index is 1.31. The van der Waals surface area contributed by atoms with E-state index in [2.05, 4.69) is 23.2 Å². The molecule has 10 heteroatoms. The zero-order valence-electron chi connectivity index (χ0n) is 5.78. The van der Waals surface area contributed by atoms with E-state index >= 15 is 0 Å². The van der Waals surface area contributed by atoms with Crippen molar-refractivity contribution in [1.82, 2.24) is 0 Å². The molecule has 0 aromatic rings. The van der Waals surface area contributed by atoms with Gasteiger partial charge in [-0.05, 0) is 31.9 Å². The molecule has 0 N–H and O–H groups in total. The maximum absolute atomic E-state index is 12.8. The molecule has 0 saturated carbocycles. The summed E-state index contributed by atoms with van der Waals surface area (Å²) < 4.78 is 74.7. The minimum atomic E-state index is -4.82. The van der Waals surface area contributed by atoms with E-state index in [9.17, 15) is 26.3 Å². The summed E-state index contributed by atoms with van der Waals surface area (Å²) in [6, 6.07) is 0. The highest BCUT2D eigenvalue weighted by molar-refractivity contribution is 9.10. The van der Waals surface area contributed by atoms with Crippen LogP contribution >= 0.6 is 55.1 Å². The van der Waals surface area contributed by atoms with Crippen molar-refractivity contribution in [3.05, 3.63) is 0 Å². The van der Waals surface area contributed by atoms with Crippen LogP contribution in [0, 0.1) is 0 Å². The number of rotatable bonds is 3. The number of hydrogen-bond donors (Lipinski definition) is 0. The summed E-state index contributed by atoms with van der Waals surface area (Å²) in [5.41, 5.74) is 0. The molecule has 2 atom stereocenters. The highest BCUT2D eigenvalue weighted by Crippen LogP contribution is 2.58. The summed E-state index contributed by atoms with van der Waals surface area (Å²) in [7, 11) is 0. The van der Waals surface area contributed by atoms with Crippen LogP contribution in [0.1, 0.15) is 0 Å². The lowest BCUT2D eigenvalue weighted by molar-refractivity contribution is -0.127. The molecule has 14 heavy (non-hydrogen) atoms. The Morgan fingerprint density at radius 1 is 0.643 bits per heavy atom. The molecule has 2 unspecified atom stereocenters. The second kappa shape index (κ2) is 3.85. The van der Waals surface area contributed by atoms with Gasteiger partial charge >= 0.3 is 19.9 Å². The molecular weight excluding hydrogens is 393 g/mol. The van der Waals surface area contributed by atoms with Gasteiger partial charge in [-0.2, -0.15) is 17.6 Å². The van der Waals surface area contributed by atoms with E-state index in [1.165, 1.54) is 31.9 Å². The molecule has 86 valence electrons. The van der Waals surface area contributed by atoms with Crippen molar-refractivity contribution in [2.45, 2.75) is 19.9 Å². The molecule has 0 heterocycles. The molecule has 0 aromatic carbocycles. The largest absolute Gasteiger partial charge is 0.353 e. The smallest absolute Gasteiger partial charge is 0.213 e. The Morgan fingerprint density at radius 2 is 0.786 bits per heavy atom. The first-order chi connectivity index (χ1) is 5.75. The topological polar surface area (TPSA) is 0 Å². The van der Waals surface area contributed by atoms with Crippen LogP contribution in [0.15, 0.2) is 0 Å². The summed E-state index contributed by atoms with van der Waals surface area (Å²) in [6.45, 7) is 0. The molecule has 0 aliphatic heterocycles. The molecule has 0 saturated heterocycles. The zero-order valence-corrected chi connectivity index (χ0v) is 10.5. The van der Waals surface area contributed by atoms with Gasteiger partial charge < -0.3 is 0 Å². The fourth-order valence-electron chi connectivity index (χ4n) is 0.356. The Labute approximate surface area is 101 Å². The van der Waals surface area contributed by atoms with E-state index in [1.54, 1.807) is 0 Å². The van der Waals surface area contributed by atoms with Crippen molar-refractivity contribution < 1.29 is 26.3 Å². The molecule has 0 rings (SSSR count). The summed E-state index contributed by atoms with van der Waals surface area (Å²) >= 11 is 11.2. The van der Waals surface area contributed by atoms with Crippen LogP contribution in [-0.2, 0) is 0 Å². The van der Waals surface area contributed by atoms with Gasteiger partial charge in [0.25, 0.3) is 0 Å². The van der Waals surface area contributed by atoms with E-state index in [1.807, 2.05) is 0 Å². The molecule has 0 nitrogen and oxygen atoms in total. The number of hydrogen-bond acceptors (Lipinski definition) is 0. The molecule has 0 aliphatic carbocycles. The van der Waals surface area contributed by atoms with Crippen molar-refractivity contribution >= 4 is 55.1 Å². The van der Waals surface area contributed by atoms with Crippen LogP contribution < -0.4 is 0 Å². The average Bonchev–Trinajstić information content (AvgIpc) is 1.81. The van der Waals surface area contributed by atoms with Gasteiger partial charge in [0.2, 0.25) is 0 Å². The maximum Gasteiger partial charge on any atom is 0.353 e. The second-order valence-corrected chi connectivity index (χ2v) is 5.18. The molecule has 0 aromatic heterocycles. The molecule has 0 bridgehead atoms. The van der Waals surface area contributed by atoms with Gasteiger partial charge in [-0.15, -0.1) is 0 Å². The van der Waals surface area contributed by atoms with Crippen LogP contribution in [0.3, 0.4) is 0 Å². The quantitative estimate of drug-likeness (QED) is 0.479. The molecule has 0 radical (unpaired) electrons. The monoisotopic (exact) mass is 390 g/mol. The van der Waals surface area contributed by atoms with Crippen molar-refractivity contribution in [1.29, 1.82) is 0 Å². The first kappa shape index (κ1) is 15.1. The summed E-state index contributed by atoms with van der Waals surface area (Å²) in [5.74, 6) is 0. The van der Waals surface area contributed by atoms with E-state index in [-0.39, 0.29) is 0 Å². The predicted molar refractivity (Wildman–Crippen MR) is 47.1 cm³/mol.